The van der Waals surface area contributed by atoms with Crippen molar-refractivity contribution in [2.24, 2.45) is 11.3 Å². The van der Waals surface area contributed by atoms with E-state index in [2.05, 4.69) is 5.32 Å². The Morgan fingerprint density at radius 3 is 3.19 bits per heavy atom. The minimum atomic E-state index is -0.195. The van der Waals surface area contributed by atoms with Gasteiger partial charge in [-0.1, -0.05) is 6.92 Å². The Morgan fingerprint density at radius 1 is 1.69 bits per heavy atom. The summed E-state index contributed by atoms with van der Waals surface area (Å²) in [6.07, 6.45) is 3.83. The zero-order valence-corrected chi connectivity index (χ0v) is 9.96. The maximum Gasteiger partial charge on any atom is 0.187 e. The van der Waals surface area contributed by atoms with E-state index < -0.39 is 0 Å². The third-order valence-corrected chi connectivity index (χ3v) is 3.99. The lowest BCUT2D eigenvalue weighted by molar-refractivity contribution is 0.0910. The van der Waals surface area contributed by atoms with E-state index in [1.54, 1.807) is 0 Å². The van der Waals surface area contributed by atoms with Crippen LogP contribution in [0.25, 0.3) is 0 Å². The topological polar surface area (TPSA) is 65.3 Å². The molecule has 0 bridgehead atoms. The fraction of sp³-hybridized carbons (Fsp3) is 0.917. The molecule has 2 aliphatic rings. The fourth-order valence-electron chi connectivity index (χ4n) is 2.68. The van der Waals surface area contributed by atoms with E-state index in [0.29, 0.717) is 11.8 Å². The van der Waals surface area contributed by atoms with Gasteiger partial charge in [-0.25, -0.2) is 0 Å². The van der Waals surface area contributed by atoms with Gasteiger partial charge in [-0.2, -0.15) is 0 Å². The lowest BCUT2D eigenvalue weighted by Crippen LogP contribution is -2.28. The maximum atomic E-state index is 9.09. The van der Waals surface area contributed by atoms with Gasteiger partial charge in [0, 0.05) is 0 Å². The SMILES string of the molecule is CCC(CO)OC(=N)C12CCCNCC1C2. The largest absolute Gasteiger partial charge is 0.475 e. The van der Waals surface area contributed by atoms with E-state index in [9.17, 15) is 0 Å². The Morgan fingerprint density at radius 2 is 2.50 bits per heavy atom. The van der Waals surface area contributed by atoms with E-state index in [4.69, 9.17) is 15.3 Å². The van der Waals surface area contributed by atoms with Gasteiger partial charge in [0.15, 0.2) is 5.90 Å². The Hall–Kier alpha value is -0.610. The maximum absolute atomic E-state index is 9.09. The second-order valence-corrected chi connectivity index (χ2v) is 5.02. The summed E-state index contributed by atoms with van der Waals surface area (Å²) < 4.78 is 5.59. The van der Waals surface area contributed by atoms with Crippen molar-refractivity contribution in [1.82, 2.24) is 5.32 Å². The van der Waals surface area contributed by atoms with Crippen LogP contribution in [0.5, 0.6) is 0 Å². The molecule has 2 fully saturated rings. The number of fused-ring (bicyclic) bond motifs is 1. The molecule has 16 heavy (non-hydrogen) atoms. The van der Waals surface area contributed by atoms with Gasteiger partial charge in [-0.15, -0.1) is 0 Å². The molecule has 4 heteroatoms. The lowest BCUT2D eigenvalue weighted by atomic mass is 9.97. The summed E-state index contributed by atoms with van der Waals surface area (Å²) in [5.41, 5.74) is 0.00604. The highest BCUT2D eigenvalue weighted by Gasteiger charge is 2.58. The molecule has 3 atom stereocenters. The molecule has 1 aliphatic heterocycles. The van der Waals surface area contributed by atoms with Gasteiger partial charge in [-0.3, -0.25) is 5.41 Å². The van der Waals surface area contributed by atoms with Crippen LogP contribution < -0.4 is 5.32 Å². The molecule has 3 unspecified atom stereocenters. The molecule has 1 heterocycles. The summed E-state index contributed by atoms with van der Waals surface area (Å²) in [4.78, 5) is 0. The fourth-order valence-corrected chi connectivity index (χ4v) is 2.68. The van der Waals surface area contributed by atoms with Crippen molar-refractivity contribution < 1.29 is 9.84 Å². The molecule has 0 aromatic rings. The average molecular weight is 226 g/mol. The van der Waals surface area contributed by atoms with Crippen LogP contribution in [0.3, 0.4) is 0 Å². The van der Waals surface area contributed by atoms with Crippen molar-refractivity contribution in [1.29, 1.82) is 5.41 Å². The quantitative estimate of drug-likeness (QED) is 0.497. The first kappa shape index (κ1) is 11.9. The van der Waals surface area contributed by atoms with Gasteiger partial charge in [0.1, 0.15) is 6.10 Å². The van der Waals surface area contributed by atoms with Crippen LogP contribution in [0.15, 0.2) is 0 Å². The predicted molar refractivity (Wildman–Crippen MR) is 62.6 cm³/mol. The van der Waals surface area contributed by atoms with Crippen LogP contribution in [0, 0.1) is 16.7 Å². The summed E-state index contributed by atoms with van der Waals surface area (Å²) in [6.45, 7) is 4.06. The van der Waals surface area contributed by atoms with E-state index in [1.807, 2.05) is 6.92 Å². The molecule has 1 saturated carbocycles. The summed E-state index contributed by atoms with van der Waals surface area (Å²) in [5, 5.41) is 20.6. The second kappa shape index (κ2) is 4.72. The Labute approximate surface area is 96.9 Å². The van der Waals surface area contributed by atoms with Crippen molar-refractivity contribution in [3.8, 4) is 0 Å². The smallest absolute Gasteiger partial charge is 0.187 e. The second-order valence-electron chi connectivity index (χ2n) is 5.02. The molecule has 0 radical (unpaired) electrons. The Balaban J connectivity index is 1.94. The molecule has 3 N–H and O–H groups in total. The standard InChI is InChI=1S/C12H22N2O2/c1-2-10(8-15)16-11(13)12-4-3-5-14-7-9(12)6-12/h9-10,13-15H,2-8H2,1H3. The Kier molecular flexibility index (Phi) is 3.50. The number of rotatable bonds is 4. The monoisotopic (exact) mass is 226 g/mol. The predicted octanol–water partition coefficient (Wildman–Crippen LogP) is 1.14. The van der Waals surface area contributed by atoms with E-state index >= 15 is 0 Å². The molecule has 0 spiro atoms. The highest BCUT2D eigenvalue weighted by Crippen LogP contribution is 2.57. The molecule has 0 amide bonds. The van der Waals surface area contributed by atoms with Crippen molar-refractivity contribution in [2.45, 2.75) is 38.7 Å². The lowest BCUT2D eigenvalue weighted by Gasteiger charge is -2.22. The van der Waals surface area contributed by atoms with Crippen molar-refractivity contribution in [3.63, 3.8) is 0 Å². The Bertz CT molecular complexity index is 266. The number of ether oxygens (including phenoxy) is 1. The van der Waals surface area contributed by atoms with Gasteiger partial charge < -0.3 is 15.2 Å². The van der Waals surface area contributed by atoms with Gasteiger partial charge in [0.05, 0.1) is 12.0 Å². The van der Waals surface area contributed by atoms with Crippen LogP contribution in [0.2, 0.25) is 0 Å². The first-order chi connectivity index (χ1) is 7.73. The molecule has 1 aliphatic carbocycles. The van der Waals surface area contributed by atoms with Crippen LogP contribution in [0.1, 0.15) is 32.6 Å². The molecule has 0 aromatic carbocycles. The molecule has 4 nitrogen and oxygen atoms in total. The minimum Gasteiger partial charge on any atom is -0.475 e. The van der Waals surface area contributed by atoms with Crippen LogP contribution in [-0.2, 0) is 4.74 Å². The van der Waals surface area contributed by atoms with E-state index in [1.165, 1.54) is 0 Å². The van der Waals surface area contributed by atoms with Crippen LogP contribution >= 0.6 is 0 Å². The third-order valence-electron chi connectivity index (χ3n) is 3.99. The summed E-state index contributed by atoms with van der Waals surface area (Å²) >= 11 is 0. The molecule has 2 rings (SSSR count). The van der Waals surface area contributed by atoms with Gasteiger partial charge in [0.2, 0.25) is 0 Å². The molecule has 1 saturated heterocycles. The van der Waals surface area contributed by atoms with Crippen molar-refractivity contribution in [3.05, 3.63) is 0 Å². The highest BCUT2D eigenvalue weighted by atomic mass is 16.5. The molecular weight excluding hydrogens is 204 g/mol. The summed E-state index contributed by atoms with van der Waals surface area (Å²) in [6, 6.07) is 0. The molecule has 92 valence electrons. The summed E-state index contributed by atoms with van der Waals surface area (Å²) in [5.74, 6) is 1.00. The zero-order chi connectivity index (χ0) is 11.6. The normalized spacial score (nSPS) is 34.8. The van der Waals surface area contributed by atoms with E-state index in [0.717, 1.165) is 38.8 Å². The van der Waals surface area contributed by atoms with E-state index in [-0.39, 0.29) is 18.1 Å². The number of hydrogen-bond donors (Lipinski definition) is 3. The first-order valence-electron chi connectivity index (χ1n) is 6.30. The van der Waals surface area contributed by atoms with Crippen molar-refractivity contribution in [2.75, 3.05) is 19.7 Å². The molecular formula is C12H22N2O2. The van der Waals surface area contributed by atoms with Gasteiger partial charge >= 0.3 is 0 Å². The van der Waals surface area contributed by atoms with Crippen molar-refractivity contribution >= 4 is 5.90 Å². The number of nitrogens with one attached hydrogen (secondary N) is 2. The third kappa shape index (κ3) is 2.09. The average Bonchev–Trinajstić information content (AvgIpc) is 3.00. The zero-order valence-electron chi connectivity index (χ0n) is 9.96. The highest BCUT2D eigenvalue weighted by molar-refractivity contribution is 5.83. The first-order valence-corrected chi connectivity index (χ1v) is 6.30. The van der Waals surface area contributed by atoms with Crippen LogP contribution in [0.4, 0.5) is 0 Å². The minimum absolute atomic E-state index is 0.00604. The number of aliphatic hydroxyl groups excluding tert-OH is 1. The van der Waals surface area contributed by atoms with Gasteiger partial charge in [0.25, 0.3) is 0 Å². The summed E-state index contributed by atoms with van der Waals surface area (Å²) in [7, 11) is 0. The van der Waals surface area contributed by atoms with Gasteiger partial charge in [-0.05, 0) is 44.7 Å². The number of aliphatic hydroxyl groups is 1. The number of hydrogen-bond acceptors (Lipinski definition) is 4. The van der Waals surface area contributed by atoms with Crippen LogP contribution in [-0.4, -0.2) is 36.8 Å². The molecule has 0 aromatic heterocycles.